The van der Waals surface area contributed by atoms with Gasteiger partial charge in [-0.15, -0.1) is 0 Å². The van der Waals surface area contributed by atoms with Gasteiger partial charge in [0.1, 0.15) is 0 Å². The molecule has 0 spiro atoms. The molecule has 130 valence electrons. The SMILES string of the molecule is Cc1cc(N2CCN(C[C@H](O)C(F)(F)F)CC2)c2ccccc2n1. The van der Waals surface area contributed by atoms with E-state index in [0.29, 0.717) is 26.2 Å². The van der Waals surface area contributed by atoms with E-state index in [-0.39, 0.29) is 6.54 Å². The number of β-amino-alcohol motifs (C(OH)–C–C–N with tert-alkyl or cyclic N) is 1. The van der Waals surface area contributed by atoms with E-state index < -0.39 is 12.3 Å². The second-order valence-electron chi connectivity index (χ2n) is 6.14. The van der Waals surface area contributed by atoms with Gasteiger partial charge in [-0.3, -0.25) is 9.88 Å². The molecule has 0 bridgehead atoms. The second kappa shape index (κ2) is 6.57. The number of nitrogens with zero attached hydrogens (tertiary/aromatic N) is 3. The van der Waals surface area contributed by atoms with Gasteiger partial charge < -0.3 is 10.0 Å². The Kier molecular flexibility index (Phi) is 4.64. The van der Waals surface area contributed by atoms with E-state index in [1.807, 2.05) is 37.3 Å². The first-order chi connectivity index (χ1) is 11.3. The lowest BCUT2D eigenvalue weighted by Crippen LogP contribution is -2.50. The second-order valence-corrected chi connectivity index (χ2v) is 6.14. The van der Waals surface area contributed by atoms with Gasteiger partial charge in [0.15, 0.2) is 6.10 Å². The molecule has 2 aromatic rings. The highest BCUT2D eigenvalue weighted by Crippen LogP contribution is 2.28. The summed E-state index contributed by atoms with van der Waals surface area (Å²) in [6, 6.07) is 9.88. The molecule has 1 N–H and O–H groups in total. The molecule has 0 unspecified atom stereocenters. The van der Waals surface area contributed by atoms with E-state index in [9.17, 15) is 18.3 Å². The van der Waals surface area contributed by atoms with E-state index in [1.165, 1.54) is 0 Å². The van der Waals surface area contributed by atoms with Crippen molar-refractivity contribution in [3.63, 3.8) is 0 Å². The Morgan fingerprint density at radius 2 is 1.83 bits per heavy atom. The van der Waals surface area contributed by atoms with Crippen LogP contribution in [0.15, 0.2) is 30.3 Å². The lowest BCUT2D eigenvalue weighted by Gasteiger charge is -2.37. The molecule has 0 radical (unpaired) electrons. The molecule has 1 aromatic heterocycles. The number of aryl methyl sites for hydroxylation is 1. The molecule has 3 rings (SSSR count). The number of halogens is 3. The number of rotatable bonds is 3. The van der Waals surface area contributed by atoms with Crippen LogP contribution in [0.5, 0.6) is 0 Å². The molecule has 1 aliphatic rings. The van der Waals surface area contributed by atoms with Crippen LogP contribution in [0.2, 0.25) is 0 Å². The van der Waals surface area contributed by atoms with Gasteiger partial charge >= 0.3 is 6.18 Å². The summed E-state index contributed by atoms with van der Waals surface area (Å²) in [7, 11) is 0. The van der Waals surface area contributed by atoms with Crippen LogP contribution in [-0.2, 0) is 0 Å². The van der Waals surface area contributed by atoms with Crippen molar-refractivity contribution in [1.82, 2.24) is 9.88 Å². The molecule has 2 heterocycles. The molecule has 1 saturated heterocycles. The van der Waals surface area contributed by atoms with Gasteiger partial charge in [-0.1, -0.05) is 18.2 Å². The van der Waals surface area contributed by atoms with Gasteiger partial charge in [-0.05, 0) is 19.1 Å². The first kappa shape index (κ1) is 17.0. The zero-order valence-electron chi connectivity index (χ0n) is 13.4. The van der Waals surface area contributed by atoms with Crippen LogP contribution in [-0.4, -0.2) is 60.0 Å². The average molecular weight is 339 g/mol. The van der Waals surface area contributed by atoms with Crippen LogP contribution in [0.4, 0.5) is 18.9 Å². The summed E-state index contributed by atoms with van der Waals surface area (Å²) in [6.45, 7) is 3.79. The lowest BCUT2D eigenvalue weighted by molar-refractivity contribution is -0.208. The van der Waals surface area contributed by atoms with Gasteiger partial charge in [-0.2, -0.15) is 13.2 Å². The first-order valence-corrected chi connectivity index (χ1v) is 7.93. The maximum Gasteiger partial charge on any atom is 0.415 e. The molecule has 1 fully saturated rings. The van der Waals surface area contributed by atoms with Crippen LogP contribution in [0, 0.1) is 6.92 Å². The quantitative estimate of drug-likeness (QED) is 0.933. The number of hydrogen-bond donors (Lipinski definition) is 1. The van der Waals surface area contributed by atoms with Crippen LogP contribution in [0.1, 0.15) is 5.69 Å². The number of aromatic nitrogens is 1. The minimum atomic E-state index is -4.56. The lowest BCUT2D eigenvalue weighted by atomic mass is 10.1. The fraction of sp³-hybridized carbons (Fsp3) is 0.471. The fourth-order valence-electron chi connectivity index (χ4n) is 3.07. The number of para-hydroxylation sites is 1. The minimum Gasteiger partial charge on any atom is -0.382 e. The Morgan fingerprint density at radius 1 is 1.17 bits per heavy atom. The number of hydrogen-bond acceptors (Lipinski definition) is 4. The highest BCUT2D eigenvalue weighted by Gasteiger charge is 2.39. The largest absolute Gasteiger partial charge is 0.415 e. The summed E-state index contributed by atoms with van der Waals surface area (Å²) >= 11 is 0. The van der Waals surface area contributed by atoms with Gasteiger partial charge in [-0.25, -0.2) is 0 Å². The van der Waals surface area contributed by atoms with Gasteiger partial charge in [0.25, 0.3) is 0 Å². The maximum atomic E-state index is 12.5. The predicted molar refractivity (Wildman–Crippen MR) is 87.2 cm³/mol. The number of alkyl halides is 3. The van der Waals surface area contributed by atoms with Gasteiger partial charge in [0.2, 0.25) is 0 Å². The first-order valence-electron chi connectivity index (χ1n) is 7.93. The standard InChI is InChI=1S/C17H20F3N3O/c1-12-10-15(13-4-2-3-5-14(13)21-12)23-8-6-22(7-9-23)11-16(24)17(18,19)20/h2-5,10,16,24H,6-9,11H2,1H3/t16-/m0/s1. The zero-order valence-corrected chi connectivity index (χ0v) is 13.4. The summed E-state index contributed by atoms with van der Waals surface area (Å²) in [5.74, 6) is 0. The Labute approximate surface area is 138 Å². The highest BCUT2D eigenvalue weighted by atomic mass is 19.4. The van der Waals surface area contributed by atoms with Crippen molar-refractivity contribution in [3.8, 4) is 0 Å². The fourth-order valence-corrected chi connectivity index (χ4v) is 3.07. The monoisotopic (exact) mass is 339 g/mol. The van der Waals surface area contributed by atoms with Crippen molar-refractivity contribution in [2.45, 2.75) is 19.2 Å². The smallest absolute Gasteiger partial charge is 0.382 e. The summed E-state index contributed by atoms with van der Waals surface area (Å²) in [5.41, 5.74) is 2.90. The number of fused-ring (bicyclic) bond motifs is 1. The minimum absolute atomic E-state index is 0.368. The zero-order chi connectivity index (χ0) is 17.3. The number of piperazine rings is 1. The van der Waals surface area contributed by atoms with Gasteiger partial charge in [0.05, 0.1) is 5.52 Å². The molecule has 0 aliphatic carbocycles. The molecule has 1 atom stereocenters. The Bertz CT molecular complexity index is 712. The van der Waals surface area contributed by atoms with Crippen molar-refractivity contribution >= 4 is 16.6 Å². The van der Waals surface area contributed by atoms with Crippen molar-refractivity contribution < 1.29 is 18.3 Å². The van der Waals surface area contributed by atoms with Crippen molar-refractivity contribution in [2.75, 3.05) is 37.6 Å². The third-order valence-electron chi connectivity index (χ3n) is 4.34. The number of anilines is 1. The van der Waals surface area contributed by atoms with Crippen molar-refractivity contribution in [3.05, 3.63) is 36.0 Å². The molecule has 4 nitrogen and oxygen atoms in total. The van der Waals surface area contributed by atoms with E-state index in [4.69, 9.17) is 0 Å². The Balaban J connectivity index is 1.71. The third kappa shape index (κ3) is 3.62. The van der Waals surface area contributed by atoms with Crippen LogP contribution in [0.25, 0.3) is 10.9 Å². The molecular formula is C17H20F3N3O. The van der Waals surface area contributed by atoms with Gasteiger partial charge in [0, 0.05) is 49.5 Å². The number of aliphatic hydroxyl groups is 1. The third-order valence-corrected chi connectivity index (χ3v) is 4.34. The van der Waals surface area contributed by atoms with Crippen LogP contribution < -0.4 is 4.90 Å². The topological polar surface area (TPSA) is 39.6 Å². The molecule has 7 heteroatoms. The summed E-state index contributed by atoms with van der Waals surface area (Å²) in [6.07, 6.45) is -6.84. The van der Waals surface area contributed by atoms with Crippen molar-refractivity contribution in [1.29, 1.82) is 0 Å². The average Bonchev–Trinajstić information content (AvgIpc) is 2.54. The molecule has 24 heavy (non-hydrogen) atoms. The molecule has 0 saturated carbocycles. The normalized spacial score (nSPS) is 18.1. The van der Waals surface area contributed by atoms with E-state index in [2.05, 4.69) is 9.88 Å². The van der Waals surface area contributed by atoms with Crippen LogP contribution in [0.3, 0.4) is 0 Å². The Morgan fingerprint density at radius 3 is 2.50 bits per heavy atom. The molecule has 0 amide bonds. The number of benzene rings is 1. The van der Waals surface area contributed by atoms with E-state index >= 15 is 0 Å². The van der Waals surface area contributed by atoms with E-state index in [0.717, 1.165) is 22.3 Å². The van der Waals surface area contributed by atoms with Crippen molar-refractivity contribution in [2.24, 2.45) is 0 Å². The molecule has 1 aliphatic heterocycles. The molecular weight excluding hydrogens is 319 g/mol. The maximum absolute atomic E-state index is 12.5. The Hall–Kier alpha value is -1.86. The summed E-state index contributed by atoms with van der Waals surface area (Å²) < 4.78 is 37.4. The highest BCUT2D eigenvalue weighted by molar-refractivity contribution is 5.92. The predicted octanol–water partition coefficient (Wildman–Crippen LogP) is 2.59. The summed E-state index contributed by atoms with van der Waals surface area (Å²) in [4.78, 5) is 8.35. The van der Waals surface area contributed by atoms with E-state index in [1.54, 1.807) is 4.90 Å². The van der Waals surface area contributed by atoms with Crippen LogP contribution >= 0.6 is 0 Å². The summed E-state index contributed by atoms with van der Waals surface area (Å²) in [5, 5.41) is 10.3. The number of aliphatic hydroxyl groups excluding tert-OH is 1. The molecule has 1 aromatic carbocycles. The number of pyridine rings is 1.